The molecule has 3 heteroatoms. The maximum absolute atomic E-state index is 11.1. The Labute approximate surface area is 191 Å². The number of esters is 1. The standard InChI is InChI=1S/C18H34O2.C10H10O/c1-4-5-6-7-8-9-10-11-12-13-14-15-16-20-18(19)17(2)3;1-9(11)7-8-10-5-3-2-4-6-10/h2,4-16H2,1,3H3;2-8H,1H3. The molecule has 0 unspecified atom stereocenters. The zero-order valence-corrected chi connectivity index (χ0v) is 20.2. The first kappa shape index (κ1) is 28.8. The van der Waals surface area contributed by atoms with E-state index in [4.69, 9.17) is 4.74 Å². The second kappa shape index (κ2) is 21.1. The molecular weight excluding hydrogens is 384 g/mol. The molecule has 0 bridgehead atoms. The highest BCUT2D eigenvalue weighted by Gasteiger charge is 2.01. The quantitative estimate of drug-likeness (QED) is 0.152. The van der Waals surface area contributed by atoms with Crippen molar-refractivity contribution in [3.8, 4) is 0 Å². The Kier molecular flexibility index (Phi) is 19.6. The molecule has 0 amide bonds. The molecule has 0 saturated heterocycles. The molecule has 0 saturated carbocycles. The molecule has 0 aliphatic rings. The molecule has 0 N–H and O–H groups in total. The number of allylic oxidation sites excluding steroid dienone is 1. The van der Waals surface area contributed by atoms with E-state index in [1.165, 1.54) is 70.6 Å². The normalized spacial score (nSPS) is 10.4. The van der Waals surface area contributed by atoms with Gasteiger partial charge in [-0.3, -0.25) is 4.79 Å². The molecule has 0 aromatic heterocycles. The highest BCUT2D eigenvalue weighted by Crippen LogP contribution is 2.12. The first-order valence-electron chi connectivity index (χ1n) is 12.0. The summed E-state index contributed by atoms with van der Waals surface area (Å²) in [5.41, 5.74) is 1.55. The molecule has 0 aliphatic heterocycles. The van der Waals surface area contributed by atoms with Gasteiger partial charge in [0.1, 0.15) is 0 Å². The predicted molar refractivity (Wildman–Crippen MR) is 133 cm³/mol. The second-order valence-electron chi connectivity index (χ2n) is 8.16. The van der Waals surface area contributed by atoms with Gasteiger partial charge >= 0.3 is 5.97 Å². The van der Waals surface area contributed by atoms with Crippen LogP contribution < -0.4 is 0 Å². The minimum atomic E-state index is -0.256. The molecular formula is C28H44O3. The van der Waals surface area contributed by atoms with Gasteiger partial charge in [0.05, 0.1) is 6.61 Å². The number of rotatable bonds is 16. The SMILES string of the molecule is C=C(C)C(=O)OCCCCCCCCCCCCCC.CC(=O)C=Cc1ccccc1. The Bertz CT molecular complexity index is 616. The van der Waals surface area contributed by atoms with Crippen LogP contribution in [0.4, 0.5) is 0 Å². The number of carbonyl (C=O) groups is 2. The fourth-order valence-electron chi connectivity index (χ4n) is 3.01. The van der Waals surface area contributed by atoms with Gasteiger partial charge in [0.25, 0.3) is 0 Å². The fourth-order valence-corrected chi connectivity index (χ4v) is 3.01. The first-order valence-corrected chi connectivity index (χ1v) is 12.0. The first-order chi connectivity index (χ1) is 15.0. The molecule has 0 radical (unpaired) electrons. The van der Waals surface area contributed by atoms with Crippen LogP contribution in [0.15, 0.2) is 48.6 Å². The molecule has 1 rings (SSSR count). The Hall–Kier alpha value is -2.16. The largest absolute Gasteiger partial charge is 0.462 e. The summed E-state index contributed by atoms with van der Waals surface area (Å²) in [5, 5.41) is 0. The minimum absolute atomic E-state index is 0.0776. The molecule has 0 spiro atoms. The average molecular weight is 429 g/mol. The van der Waals surface area contributed by atoms with Gasteiger partial charge in [0.15, 0.2) is 5.78 Å². The fraction of sp³-hybridized carbons (Fsp3) is 0.571. The molecule has 0 heterocycles. The van der Waals surface area contributed by atoms with Crippen LogP contribution in [0, 0.1) is 0 Å². The van der Waals surface area contributed by atoms with Gasteiger partial charge in [0, 0.05) is 5.57 Å². The van der Waals surface area contributed by atoms with Crippen LogP contribution in [-0.2, 0) is 14.3 Å². The molecule has 1 aromatic carbocycles. The Morgan fingerprint density at radius 2 is 1.29 bits per heavy atom. The van der Waals surface area contributed by atoms with Crippen LogP contribution in [0.5, 0.6) is 0 Å². The number of carbonyl (C=O) groups excluding carboxylic acids is 2. The highest BCUT2D eigenvalue weighted by atomic mass is 16.5. The van der Waals surface area contributed by atoms with E-state index in [1.54, 1.807) is 19.9 Å². The van der Waals surface area contributed by atoms with Crippen LogP contribution in [0.25, 0.3) is 6.08 Å². The Morgan fingerprint density at radius 3 is 1.74 bits per heavy atom. The van der Waals surface area contributed by atoms with Crippen molar-refractivity contribution in [2.75, 3.05) is 6.61 Å². The predicted octanol–water partition coefficient (Wildman–Crippen LogP) is 8.10. The van der Waals surface area contributed by atoms with Gasteiger partial charge in [-0.2, -0.15) is 0 Å². The van der Waals surface area contributed by atoms with Crippen LogP contribution in [0.3, 0.4) is 0 Å². The van der Waals surface area contributed by atoms with E-state index in [-0.39, 0.29) is 11.8 Å². The zero-order valence-electron chi connectivity index (χ0n) is 20.2. The smallest absolute Gasteiger partial charge is 0.333 e. The van der Waals surface area contributed by atoms with Crippen LogP contribution >= 0.6 is 0 Å². The van der Waals surface area contributed by atoms with E-state index in [1.807, 2.05) is 36.4 Å². The second-order valence-corrected chi connectivity index (χ2v) is 8.16. The van der Waals surface area contributed by atoms with E-state index in [0.717, 1.165) is 12.0 Å². The van der Waals surface area contributed by atoms with Crippen molar-refractivity contribution >= 4 is 17.8 Å². The summed E-state index contributed by atoms with van der Waals surface area (Å²) in [6.45, 7) is 9.60. The summed E-state index contributed by atoms with van der Waals surface area (Å²) < 4.78 is 5.06. The van der Waals surface area contributed by atoms with Crippen LogP contribution in [0.1, 0.15) is 103 Å². The number of unbranched alkanes of at least 4 members (excludes halogenated alkanes) is 11. The number of ether oxygens (including phenoxy) is 1. The topological polar surface area (TPSA) is 43.4 Å². The summed E-state index contributed by atoms with van der Waals surface area (Å²) in [7, 11) is 0. The van der Waals surface area contributed by atoms with Crippen LogP contribution in [-0.4, -0.2) is 18.4 Å². The maximum atomic E-state index is 11.1. The lowest BCUT2D eigenvalue weighted by Crippen LogP contribution is -2.05. The summed E-state index contributed by atoms with van der Waals surface area (Å²) >= 11 is 0. The molecule has 0 aliphatic carbocycles. The third-order valence-electron chi connectivity index (χ3n) is 4.89. The lowest BCUT2D eigenvalue weighted by Gasteiger charge is -2.04. The van der Waals surface area contributed by atoms with E-state index >= 15 is 0 Å². The van der Waals surface area contributed by atoms with Crippen molar-refractivity contribution in [1.29, 1.82) is 0 Å². The lowest BCUT2D eigenvalue weighted by molar-refractivity contribution is -0.139. The van der Waals surface area contributed by atoms with Crippen molar-refractivity contribution < 1.29 is 14.3 Å². The van der Waals surface area contributed by atoms with Crippen molar-refractivity contribution in [2.24, 2.45) is 0 Å². The molecule has 3 nitrogen and oxygen atoms in total. The van der Waals surface area contributed by atoms with Gasteiger partial charge in [-0.15, -0.1) is 0 Å². The summed E-state index contributed by atoms with van der Waals surface area (Å²) in [5.74, 6) is -0.179. The van der Waals surface area contributed by atoms with Gasteiger partial charge in [-0.05, 0) is 31.9 Å². The summed E-state index contributed by atoms with van der Waals surface area (Å²) in [4.78, 5) is 21.7. The van der Waals surface area contributed by atoms with E-state index in [2.05, 4.69) is 13.5 Å². The summed E-state index contributed by atoms with van der Waals surface area (Å²) in [6, 6.07) is 9.75. The van der Waals surface area contributed by atoms with Gasteiger partial charge < -0.3 is 4.74 Å². The minimum Gasteiger partial charge on any atom is -0.462 e. The van der Waals surface area contributed by atoms with Crippen molar-refractivity contribution in [2.45, 2.75) is 97.8 Å². The lowest BCUT2D eigenvalue weighted by atomic mass is 10.1. The Morgan fingerprint density at radius 1 is 0.806 bits per heavy atom. The van der Waals surface area contributed by atoms with Crippen molar-refractivity contribution in [3.05, 3.63) is 54.1 Å². The number of hydrogen-bond acceptors (Lipinski definition) is 3. The van der Waals surface area contributed by atoms with E-state index in [9.17, 15) is 9.59 Å². The number of ketones is 1. The molecule has 0 atom stereocenters. The van der Waals surface area contributed by atoms with E-state index in [0.29, 0.717) is 12.2 Å². The van der Waals surface area contributed by atoms with Gasteiger partial charge in [0.2, 0.25) is 0 Å². The monoisotopic (exact) mass is 428 g/mol. The molecule has 1 aromatic rings. The van der Waals surface area contributed by atoms with Crippen LogP contribution in [0.2, 0.25) is 0 Å². The molecule has 174 valence electrons. The third-order valence-corrected chi connectivity index (χ3v) is 4.89. The highest BCUT2D eigenvalue weighted by molar-refractivity contribution is 5.91. The van der Waals surface area contributed by atoms with Gasteiger partial charge in [-0.25, -0.2) is 4.79 Å². The zero-order chi connectivity index (χ0) is 23.2. The third kappa shape index (κ3) is 20.9. The maximum Gasteiger partial charge on any atom is 0.333 e. The number of hydrogen-bond donors (Lipinski definition) is 0. The number of benzene rings is 1. The van der Waals surface area contributed by atoms with Gasteiger partial charge in [-0.1, -0.05) is 121 Å². The molecule has 31 heavy (non-hydrogen) atoms. The van der Waals surface area contributed by atoms with Crippen molar-refractivity contribution in [3.63, 3.8) is 0 Å². The molecule has 0 fully saturated rings. The van der Waals surface area contributed by atoms with Crippen molar-refractivity contribution in [1.82, 2.24) is 0 Å². The summed E-state index contributed by atoms with van der Waals surface area (Å²) in [6.07, 6.45) is 19.2. The van der Waals surface area contributed by atoms with E-state index < -0.39 is 0 Å². The average Bonchev–Trinajstić information content (AvgIpc) is 2.76. The Balaban J connectivity index is 0.000000683.